The number of aliphatic hydroxyl groups excluding tert-OH is 1. The second-order valence-corrected chi connectivity index (χ2v) is 2.93. The third kappa shape index (κ3) is 14.1. The summed E-state index contributed by atoms with van der Waals surface area (Å²) in [6, 6.07) is 0. The molecule has 0 saturated carbocycles. The zero-order chi connectivity index (χ0) is 11.2. The van der Waals surface area contributed by atoms with E-state index >= 15 is 0 Å². The number of rotatable bonds is 7. The predicted molar refractivity (Wildman–Crippen MR) is 58.4 cm³/mol. The Balaban J connectivity index is 0. The summed E-state index contributed by atoms with van der Waals surface area (Å²) >= 11 is 0. The van der Waals surface area contributed by atoms with Crippen LogP contribution in [0.5, 0.6) is 0 Å². The summed E-state index contributed by atoms with van der Waals surface area (Å²) in [5, 5.41) is 7.57. The van der Waals surface area contributed by atoms with Gasteiger partial charge in [0.1, 0.15) is 6.29 Å². The van der Waals surface area contributed by atoms with E-state index in [0.717, 1.165) is 32.2 Å². The van der Waals surface area contributed by atoms with E-state index in [-0.39, 0.29) is 6.61 Å². The van der Waals surface area contributed by atoms with Crippen molar-refractivity contribution in [3.8, 4) is 0 Å². The van der Waals surface area contributed by atoms with Crippen molar-refractivity contribution in [2.24, 2.45) is 0 Å². The zero-order valence-corrected chi connectivity index (χ0v) is 9.66. The lowest BCUT2D eigenvalue weighted by Crippen LogP contribution is -2.12. The lowest BCUT2D eigenvalue weighted by Gasteiger charge is -2.13. The minimum absolute atomic E-state index is 0.250. The molecule has 3 heteroatoms. The monoisotopic (exact) mass is 204 g/mol. The van der Waals surface area contributed by atoms with Gasteiger partial charge in [-0.1, -0.05) is 13.3 Å². The SMILES string of the molecule is CCCC(CCC=O)OCC.CCO. The molecular formula is C11H24O3. The van der Waals surface area contributed by atoms with Crippen molar-refractivity contribution in [3.63, 3.8) is 0 Å². The number of aldehydes is 1. The van der Waals surface area contributed by atoms with E-state index in [4.69, 9.17) is 9.84 Å². The van der Waals surface area contributed by atoms with Gasteiger partial charge in [-0.3, -0.25) is 0 Å². The van der Waals surface area contributed by atoms with Crippen LogP contribution in [0, 0.1) is 0 Å². The largest absolute Gasteiger partial charge is 0.397 e. The van der Waals surface area contributed by atoms with Crippen LogP contribution >= 0.6 is 0 Å². The molecule has 0 amide bonds. The van der Waals surface area contributed by atoms with Gasteiger partial charge in [0.15, 0.2) is 0 Å². The zero-order valence-electron chi connectivity index (χ0n) is 9.66. The predicted octanol–water partition coefficient (Wildman–Crippen LogP) is 2.17. The highest BCUT2D eigenvalue weighted by molar-refractivity contribution is 5.49. The first kappa shape index (κ1) is 16.0. The summed E-state index contributed by atoms with van der Waals surface area (Å²) in [5.41, 5.74) is 0. The molecule has 0 aliphatic carbocycles. The van der Waals surface area contributed by atoms with Gasteiger partial charge in [-0.2, -0.15) is 0 Å². The molecule has 0 bridgehead atoms. The Labute approximate surface area is 87.5 Å². The van der Waals surface area contributed by atoms with Crippen LogP contribution in [0.25, 0.3) is 0 Å². The van der Waals surface area contributed by atoms with Crippen LogP contribution < -0.4 is 0 Å². The van der Waals surface area contributed by atoms with Crippen LogP contribution in [0.15, 0.2) is 0 Å². The number of ether oxygens (including phenoxy) is 1. The maximum Gasteiger partial charge on any atom is 0.120 e. The Morgan fingerprint density at radius 2 is 1.86 bits per heavy atom. The van der Waals surface area contributed by atoms with E-state index in [0.29, 0.717) is 12.5 Å². The van der Waals surface area contributed by atoms with Gasteiger partial charge in [0.05, 0.1) is 6.10 Å². The maximum atomic E-state index is 10.1. The molecule has 1 N–H and O–H groups in total. The standard InChI is InChI=1S/C9H18O2.C2H6O/c1-3-6-9(11-4-2)7-5-8-10;1-2-3/h8-9H,3-7H2,1-2H3;3H,2H2,1H3. The smallest absolute Gasteiger partial charge is 0.120 e. The van der Waals surface area contributed by atoms with Crippen molar-refractivity contribution in [1.82, 2.24) is 0 Å². The number of carbonyl (C=O) groups is 1. The van der Waals surface area contributed by atoms with Crippen LogP contribution in [0.1, 0.15) is 46.5 Å². The van der Waals surface area contributed by atoms with E-state index in [1.54, 1.807) is 6.92 Å². The second kappa shape index (κ2) is 15.1. The molecule has 86 valence electrons. The number of hydrogen-bond donors (Lipinski definition) is 1. The quantitative estimate of drug-likeness (QED) is 0.646. The van der Waals surface area contributed by atoms with Crippen LogP contribution in [0.4, 0.5) is 0 Å². The summed E-state index contributed by atoms with van der Waals surface area (Å²) in [7, 11) is 0. The Bertz CT molecular complexity index is 98.7. The second-order valence-electron chi connectivity index (χ2n) is 2.93. The third-order valence-electron chi connectivity index (χ3n) is 1.62. The highest BCUT2D eigenvalue weighted by Gasteiger charge is 2.05. The minimum Gasteiger partial charge on any atom is -0.397 e. The van der Waals surface area contributed by atoms with Crippen LogP contribution in [-0.4, -0.2) is 30.7 Å². The minimum atomic E-state index is 0.250. The van der Waals surface area contributed by atoms with E-state index in [2.05, 4.69) is 6.92 Å². The van der Waals surface area contributed by atoms with Gasteiger partial charge in [0.2, 0.25) is 0 Å². The fraction of sp³-hybridized carbons (Fsp3) is 0.909. The molecule has 0 spiro atoms. The average Bonchev–Trinajstić information content (AvgIpc) is 2.16. The molecule has 0 fully saturated rings. The number of carbonyl (C=O) groups excluding carboxylic acids is 1. The van der Waals surface area contributed by atoms with Gasteiger partial charge in [-0.15, -0.1) is 0 Å². The Morgan fingerprint density at radius 1 is 1.29 bits per heavy atom. The van der Waals surface area contributed by atoms with Gasteiger partial charge in [-0.25, -0.2) is 0 Å². The summed E-state index contributed by atoms with van der Waals surface area (Å²) < 4.78 is 5.43. The molecule has 14 heavy (non-hydrogen) atoms. The molecule has 0 aliphatic rings. The average molecular weight is 204 g/mol. The fourth-order valence-corrected chi connectivity index (χ4v) is 1.12. The molecule has 3 nitrogen and oxygen atoms in total. The van der Waals surface area contributed by atoms with Crippen molar-refractivity contribution >= 4 is 6.29 Å². The summed E-state index contributed by atoms with van der Waals surface area (Å²) in [6.45, 7) is 6.81. The molecule has 0 rings (SSSR count). The normalized spacial score (nSPS) is 11.4. The van der Waals surface area contributed by atoms with Crippen molar-refractivity contribution in [3.05, 3.63) is 0 Å². The van der Waals surface area contributed by atoms with Gasteiger partial charge in [0, 0.05) is 19.6 Å². The van der Waals surface area contributed by atoms with Crippen molar-refractivity contribution in [2.75, 3.05) is 13.2 Å². The number of hydrogen-bond acceptors (Lipinski definition) is 3. The van der Waals surface area contributed by atoms with E-state index in [1.165, 1.54) is 0 Å². The summed E-state index contributed by atoms with van der Waals surface area (Å²) in [6.07, 6.45) is 4.97. The molecule has 0 aromatic rings. The van der Waals surface area contributed by atoms with Crippen molar-refractivity contribution in [1.29, 1.82) is 0 Å². The van der Waals surface area contributed by atoms with E-state index in [9.17, 15) is 4.79 Å². The van der Waals surface area contributed by atoms with Crippen molar-refractivity contribution in [2.45, 2.75) is 52.6 Å². The lowest BCUT2D eigenvalue weighted by molar-refractivity contribution is -0.108. The molecule has 0 aliphatic heterocycles. The van der Waals surface area contributed by atoms with Gasteiger partial charge in [-0.05, 0) is 26.7 Å². The molecule has 1 atom stereocenters. The first-order valence-corrected chi connectivity index (χ1v) is 5.42. The maximum absolute atomic E-state index is 10.1. The summed E-state index contributed by atoms with van der Waals surface area (Å²) in [4.78, 5) is 10.1. The molecular weight excluding hydrogens is 180 g/mol. The van der Waals surface area contributed by atoms with E-state index in [1.807, 2.05) is 6.92 Å². The van der Waals surface area contributed by atoms with Crippen molar-refractivity contribution < 1.29 is 14.6 Å². The Morgan fingerprint density at radius 3 is 2.21 bits per heavy atom. The van der Waals surface area contributed by atoms with Gasteiger partial charge < -0.3 is 14.6 Å². The third-order valence-corrected chi connectivity index (χ3v) is 1.62. The Kier molecular flexibility index (Phi) is 17.3. The van der Waals surface area contributed by atoms with E-state index < -0.39 is 0 Å². The highest BCUT2D eigenvalue weighted by Crippen LogP contribution is 2.07. The molecule has 0 aromatic carbocycles. The lowest BCUT2D eigenvalue weighted by atomic mass is 10.1. The highest BCUT2D eigenvalue weighted by atomic mass is 16.5. The first-order valence-electron chi connectivity index (χ1n) is 5.42. The van der Waals surface area contributed by atoms with Crippen LogP contribution in [-0.2, 0) is 9.53 Å². The summed E-state index contributed by atoms with van der Waals surface area (Å²) in [5.74, 6) is 0. The molecule has 1 unspecified atom stereocenters. The molecule has 0 aromatic heterocycles. The topological polar surface area (TPSA) is 46.5 Å². The first-order chi connectivity index (χ1) is 6.76. The van der Waals surface area contributed by atoms with Gasteiger partial charge in [0.25, 0.3) is 0 Å². The fourth-order valence-electron chi connectivity index (χ4n) is 1.12. The molecule has 0 radical (unpaired) electrons. The van der Waals surface area contributed by atoms with Crippen LogP contribution in [0.3, 0.4) is 0 Å². The number of aliphatic hydroxyl groups is 1. The molecule has 0 saturated heterocycles. The van der Waals surface area contributed by atoms with Gasteiger partial charge >= 0.3 is 0 Å². The molecule has 0 heterocycles. The van der Waals surface area contributed by atoms with Crippen LogP contribution in [0.2, 0.25) is 0 Å². The Hall–Kier alpha value is -0.410.